The first-order valence-electron chi connectivity index (χ1n) is 27.6. The summed E-state index contributed by atoms with van der Waals surface area (Å²) in [6.07, 6.45) is 3.66. The fourth-order valence-electron chi connectivity index (χ4n) is 9.45. The van der Waals surface area contributed by atoms with Crippen LogP contribution >= 0.6 is 42.7 Å². The third-order valence-corrected chi connectivity index (χ3v) is 18.3. The number of rotatable bonds is 28. The summed E-state index contributed by atoms with van der Waals surface area (Å²) >= 11 is 1.35. The molecule has 0 bridgehead atoms. The number of aromatic nitrogens is 6. The van der Waals surface area contributed by atoms with Gasteiger partial charge in [-0.05, 0) is 67.6 Å². The van der Waals surface area contributed by atoms with E-state index in [1.54, 1.807) is 36.4 Å². The Morgan fingerprint density at radius 3 is 1.42 bits per heavy atom. The number of halogens is 2. The molecule has 0 unspecified atom stereocenters. The van der Waals surface area contributed by atoms with Crippen molar-refractivity contribution in [2.24, 2.45) is 20.5 Å². The number of hydrogen-bond donors (Lipinski definition) is 14. The van der Waals surface area contributed by atoms with Gasteiger partial charge >= 0.3 is 314 Å². The minimum atomic E-state index is -4.97. The van der Waals surface area contributed by atoms with Gasteiger partial charge in [0.1, 0.15) is 11.5 Å². The maximum atomic E-state index is 13.6. The second-order valence-electron chi connectivity index (χ2n) is 20.4. The van der Waals surface area contributed by atoms with Gasteiger partial charge in [0.05, 0.1) is 44.3 Å². The second-order valence-corrected chi connectivity index (χ2v) is 27.8. The molecule has 0 aliphatic heterocycles. The molecule has 1 aliphatic rings. The van der Waals surface area contributed by atoms with Gasteiger partial charge in [0, 0.05) is 22.3 Å². The summed E-state index contributed by atoms with van der Waals surface area (Å²) in [5.74, 6) is -7.37. The van der Waals surface area contributed by atoms with E-state index in [9.17, 15) is 75.4 Å². The third kappa shape index (κ3) is 18.2. The number of carbonyl (C=O) groups is 5. The number of carboxylic acid groups (broad SMARTS) is 4. The van der Waals surface area contributed by atoms with E-state index in [-0.39, 0.29) is 126 Å². The van der Waals surface area contributed by atoms with E-state index in [0.717, 1.165) is 60.7 Å². The zero-order chi connectivity index (χ0) is 72.6. The molecule has 7 aromatic carbocycles. The van der Waals surface area contributed by atoms with Crippen LogP contribution in [0.2, 0.25) is 0 Å². The molecular formula is C57H42I2N15O23S4-. The summed E-state index contributed by atoms with van der Waals surface area (Å²) in [6, 6.07) is 18.8. The van der Waals surface area contributed by atoms with Crippen molar-refractivity contribution in [1.29, 1.82) is 0 Å². The normalized spacial score (nSPS) is 12.5. The van der Waals surface area contributed by atoms with Gasteiger partial charge < -0.3 is 31.3 Å². The van der Waals surface area contributed by atoms with E-state index in [1.807, 2.05) is 18.6 Å². The van der Waals surface area contributed by atoms with Crippen molar-refractivity contribution in [3.05, 3.63) is 154 Å². The number of phenolic OH excluding ortho intramolecular Hbond substituents is 1. The van der Waals surface area contributed by atoms with Gasteiger partial charge in [0.25, 0.3) is 16.0 Å². The average molecular weight is 1690 g/mol. The SMILES string of the molecule is Cc1nc(NC2=CC=C(C(=O)Nc3ccc(Nc4nc(C)nc(Nc5cc(S(=O)(=O)O)cc6cc(SOOO)c(N=Nc7cc(C(=O)O)cc(C(=O)O)c7)c(O[I-]I)c56)n4)cc3)CC2)nc(Nc2cc(S(=O)(=O)O)cc3cc(SOOO)c(N=Nc4cc(C(=O)O)cc(C(=O)O)c4)c(O)c23)n1. The Labute approximate surface area is 593 Å². The second kappa shape index (κ2) is 31.5. The van der Waals surface area contributed by atoms with Gasteiger partial charge in [-0.1, -0.05) is 11.1 Å². The molecule has 101 heavy (non-hydrogen) atoms. The molecule has 0 radical (unpaired) electrons. The Kier molecular flexibility index (Phi) is 22.9. The summed E-state index contributed by atoms with van der Waals surface area (Å²) in [5.41, 5.74) is -1.51. The zero-order valence-corrected chi connectivity index (χ0v) is 58.0. The smallest absolute Gasteiger partial charge is 0.505 e. The number of phenols is 1. The molecule has 0 saturated heterocycles. The minimum absolute atomic E-state index is 0.0262. The van der Waals surface area contributed by atoms with E-state index in [0.29, 0.717) is 34.7 Å². The van der Waals surface area contributed by atoms with Crippen molar-refractivity contribution in [2.45, 2.75) is 46.3 Å². The molecule has 0 saturated carbocycles. The summed E-state index contributed by atoms with van der Waals surface area (Å²) in [4.78, 5) is 85.6. The van der Waals surface area contributed by atoms with Gasteiger partial charge in [0.15, 0.2) is 5.75 Å². The Bertz CT molecular complexity index is 5210. The Morgan fingerprint density at radius 1 is 0.535 bits per heavy atom. The van der Waals surface area contributed by atoms with Crippen LogP contribution in [0.3, 0.4) is 0 Å². The molecule has 44 heteroatoms. The van der Waals surface area contributed by atoms with Gasteiger partial charge in [-0.3, -0.25) is 9.35 Å². The van der Waals surface area contributed by atoms with E-state index < -0.39 is 111 Å². The van der Waals surface area contributed by atoms with E-state index >= 15 is 0 Å². The van der Waals surface area contributed by atoms with Crippen molar-refractivity contribution in [3.8, 4) is 11.5 Å². The predicted octanol–water partition coefficient (Wildman–Crippen LogP) is 9.28. The molecule has 38 nitrogen and oxygen atoms in total. The quantitative estimate of drug-likeness (QED) is 0.00542. The monoisotopic (exact) mass is 1690 g/mol. The van der Waals surface area contributed by atoms with Crippen molar-refractivity contribution in [2.75, 3.05) is 26.6 Å². The summed E-state index contributed by atoms with van der Waals surface area (Å²) in [7, 11) is -9.90. The van der Waals surface area contributed by atoms with E-state index in [2.05, 4.69) is 91.4 Å². The summed E-state index contributed by atoms with van der Waals surface area (Å²) in [6.45, 7) is 3.04. The molecular weight excluding hydrogens is 1640 g/mol. The Balaban J connectivity index is 0.858. The number of carboxylic acids is 4. The Hall–Kier alpha value is -10.4. The number of anilines is 8. The number of aromatic carboxylic acids is 4. The van der Waals surface area contributed by atoms with Crippen LogP contribution in [0.4, 0.5) is 69.3 Å². The fraction of sp³-hybridized carbons (Fsp3) is 0.0702. The minimum Gasteiger partial charge on any atom is -0.505 e. The number of nitrogens with zero attached hydrogens (tertiary/aromatic N) is 10. The number of nitrogens with one attached hydrogen (secondary N) is 5. The molecule has 0 spiro atoms. The first-order chi connectivity index (χ1) is 48.0. The molecule has 0 atom stereocenters. The molecule has 522 valence electrons. The first-order valence-corrected chi connectivity index (χ1v) is 39.1. The maximum absolute atomic E-state index is 13.6. The number of benzene rings is 7. The van der Waals surface area contributed by atoms with Crippen LogP contribution in [0.1, 0.15) is 65.9 Å². The zero-order valence-electron chi connectivity index (χ0n) is 50.4. The molecule has 1 aliphatic carbocycles. The number of carbonyl (C=O) groups excluding carboxylic acids is 1. The standard InChI is InChI=1S/C57H42I2N15O23S4/c1-23-60-54(69-56(62-23)67-39-21-37(100(87,88)89)17-26-19-41(98-96-94-85)45(47(75)43(26)39)73-71-35-13-28(50(77)78)11-29(14-35)51(79)80)65-33-5-3-25(4-6-33)49(76)64-32-7-9-34(10-8-32)66-55-61-24(2)63-57(70-55)68-40-22-38(101(90,91)92)18-27-20-42(99-97-95-86)46(48(44(27)40)93-59-58)74-72-36-15-30(52(81)82)12-31(16-36)53(83)84/h3,5,7-22,75,85-86H,4,6H2,1-2H3,(H,64,76)(H,77,78)(H,79,80)(H,81,82)(H,83,84)(H,87,88,89)(H,90,91,92)(H2,60,62,65,67,69)(H2,61,63,66,68,70)/q-1. The van der Waals surface area contributed by atoms with Crippen LogP contribution in [-0.4, -0.2) is 122 Å². The van der Waals surface area contributed by atoms with Crippen LogP contribution in [0, 0.1) is 13.8 Å². The van der Waals surface area contributed by atoms with Gasteiger partial charge in [-0.15, -0.1) is 9.45 Å². The number of hydrogen-bond acceptors (Lipinski definition) is 33. The van der Waals surface area contributed by atoms with E-state index in [1.165, 1.54) is 26.0 Å². The number of fused-ring (bicyclic) bond motifs is 2. The molecule has 0 fully saturated rings. The molecule has 10 rings (SSSR count). The van der Waals surface area contributed by atoms with Gasteiger partial charge in [-0.25, -0.2) is 14.8 Å². The van der Waals surface area contributed by atoms with Crippen molar-refractivity contribution in [3.63, 3.8) is 0 Å². The number of aromatic hydroxyl groups is 1. The average Bonchev–Trinajstić information content (AvgIpc) is 0.759. The predicted molar refractivity (Wildman–Crippen MR) is 357 cm³/mol. The van der Waals surface area contributed by atoms with Crippen molar-refractivity contribution < 1.29 is 125 Å². The molecule has 9 aromatic rings. The van der Waals surface area contributed by atoms with Crippen LogP contribution < -0.4 is 47.3 Å². The van der Waals surface area contributed by atoms with E-state index in [4.69, 9.17) is 17.9 Å². The van der Waals surface area contributed by atoms with Crippen LogP contribution in [-0.2, 0) is 43.8 Å². The van der Waals surface area contributed by atoms with Gasteiger partial charge in [-0.2, -0.15) is 28.5 Å². The Morgan fingerprint density at radius 2 is 0.970 bits per heavy atom. The molecule has 2 heterocycles. The molecule has 1 amide bonds. The van der Waals surface area contributed by atoms with Crippen LogP contribution in [0.25, 0.3) is 21.5 Å². The van der Waals surface area contributed by atoms with Crippen molar-refractivity contribution in [1.82, 2.24) is 29.9 Å². The van der Waals surface area contributed by atoms with Crippen molar-refractivity contribution >= 4 is 184 Å². The number of aryl methyl sites for hydroxylation is 2. The van der Waals surface area contributed by atoms with Gasteiger partial charge in [0.2, 0.25) is 11.9 Å². The number of azo groups is 2. The third-order valence-electron chi connectivity index (χ3n) is 13.7. The fourth-order valence-corrected chi connectivity index (χ4v) is 13.2. The summed E-state index contributed by atoms with van der Waals surface area (Å²) < 4.78 is 86.5. The van der Waals surface area contributed by atoms with Crippen LogP contribution in [0.15, 0.2) is 161 Å². The molecule has 14 N–H and O–H groups in total. The summed E-state index contributed by atoms with van der Waals surface area (Å²) in [5, 5.41) is 107. The topological polar surface area (TPSA) is 569 Å². The first kappa shape index (κ1) is 73.4. The number of allylic oxidation sites excluding steroid dienone is 3. The molecule has 2 aromatic heterocycles. The van der Waals surface area contributed by atoms with Crippen LogP contribution in [0.5, 0.6) is 11.5 Å². The number of amides is 1.